The highest BCUT2D eigenvalue weighted by Crippen LogP contribution is 2.20. The standard InChI is InChI=1S/C51H78N10O18/c1-23(2)17-30(52)43(70)56-34(18-24(3)4)48(75)61-42(27(8)63)50(77)55-33(14-16-39(66)67)45(72)60-41(26(7)62)49(76)54-32(13-15-38(64)65)44(71)58-36(21-40(68)69)47(74)57-35(46(73)59-37(51(78)79)19-25(5)6)20-28-22-53-31-12-10-9-11-29(28)31/h9-12,22-27,30,32-37,41-42,53,62-63H,13-21,52H2,1-8H3,(H,54,76)(H,55,77)(H,56,70)(H,57,74)(H,58,71)(H,59,73)(H,60,72)(H,61,75)(H,64,65)(H,66,67)(H,68,69)(H,78,79)/t26-,27-,30+,32+,33+,34+,35+,36+,37+,41+,42+/m1/s1. The maximum Gasteiger partial charge on any atom is 0.326 e. The van der Waals surface area contributed by atoms with Crippen molar-refractivity contribution in [2.24, 2.45) is 23.5 Å². The minimum atomic E-state index is -2.07. The van der Waals surface area contributed by atoms with Gasteiger partial charge in [-0.1, -0.05) is 59.7 Å². The van der Waals surface area contributed by atoms with Gasteiger partial charge >= 0.3 is 23.9 Å². The molecule has 0 radical (unpaired) electrons. The molecule has 0 spiro atoms. The number of aliphatic hydroxyl groups excluding tert-OH is 2. The summed E-state index contributed by atoms with van der Waals surface area (Å²) in [4.78, 5) is 160. The molecule has 0 saturated heterocycles. The van der Waals surface area contributed by atoms with Crippen molar-refractivity contribution in [1.82, 2.24) is 47.5 Å². The number of carbonyl (C=O) groups is 12. The Bertz CT molecular complexity index is 2480. The minimum Gasteiger partial charge on any atom is -0.481 e. The number of carboxylic acids is 4. The number of aliphatic hydroxyl groups is 2. The summed E-state index contributed by atoms with van der Waals surface area (Å²) in [5.41, 5.74) is 7.13. The Morgan fingerprint density at radius 2 is 0.861 bits per heavy atom. The number of nitrogens with one attached hydrogen (secondary N) is 9. The van der Waals surface area contributed by atoms with Gasteiger partial charge in [-0.05, 0) is 75.3 Å². The first-order valence-electron chi connectivity index (χ1n) is 25.8. The average molecular weight is 1120 g/mol. The Kier molecular flexibility index (Phi) is 27.5. The first-order valence-corrected chi connectivity index (χ1v) is 25.8. The van der Waals surface area contributed by atoms with Gasteiger partial charge in [0.25, 0.3) is 0 Å². The van der Waals surface area contributed by atoms with Crippen LogP contribution in [0.3, 0.4) is 0 Å². The molecule has 0 unspecified atom stereocenters. The zero-order valence-corrected chi connectivity index (χ0v) is 45.5. The molecule has 28 nitrogen and oxygen atoms in total. The molecule has 1 aromatic carbocycles. The molecule has 1 aromatic heterocycles. The SMILES string of the molecule is CC(C)C[C@H](NC(=O)[C@H](Cc1c[nH]c2ccccc12)NC(=O)[C@H](CC(=O)O)NC(=O)[C@H](CCC(=O)O)NC(=O)[C@@H](NC(=O)[C@H](CCC(=O)O)NC(=O)[C@@H](NC(=O)[C@H](CC(C)C)NC(=O)[C@@H](N)CC(C)C)[C@@H](C)O)[C@@H](C)O)C(=O)O. The van der Waals surface area contributed by atoms with E-state index in [1.54, 1.807) is 52.0 Å². The fraction of sp³-hybridized carbons (Fsp3) is 0.608. The van der Waals surface area contributed by atoms with Gasteiger partial charge in [0.15, 0.2) is 0 Å². The number of carboxylic acid groups (broad SMARTS) is 4. The van der Waals surface area contributed by atoms with Gasteiger partial charge in [-0.3, -0.25) is 52.7 Å². The monoisotopic (exact) mass is 1120 g/mol. The number of carbonyl (C=O) groups excluding carboxylic acids is 8. The Morgan fingerprint density at radius 1 is 0.468 bits per heavy atom. The highest BCUT2D eigenvalue weighted by atomic mass is 16.4. The number of aromatic nitrogens is 1. The maximum absolute atomic E-state index is 14.0. The number of aromatic amines is 1. The molecule has 2 aromatic rings. The fourth-order valence-electron chi connectivity index (χ4n) is 8.13. The van der Waals surface area contributed by atoms with Crippen LogP contribution in [0.4, 0.5) is 0 Å². The number of aliphatic carboxylic acids is 4. The fourth-order valence-corrected chi connectivity index (χ4v) is 8.13. The Hall–Kier alpha value is -7.72. The topological polar surface area (TPSA) is 464 Å². The Labute approximate surface area is 455 Å². The summed E-state index contributed by atoms with van der Waals surface area (Å²) >= 11 is 0. The number of hydrogen-bond donors (Lipinski definition) is 16. The van der Waals surface area contributed by atoms with Crippen LogP contribution in [0.25, 0.3) is 10.9 Å². The van der Waals surface area contributed by atoms with Crippen molar-refractivity contribution in [1.29, 1.82) is 0 Å². The van der Waals surface area contributed by atoms with Gasteiger partial charge < -0.3 is 83.9 Å². The quantitative estimate of drug-likeness (QED) is 0.0359. The van der Waals surface area contributed by atoms with E-state index in [2.05, 4.69) is 47.5 Å². The molecule has 11 atom stereocenters. The van der Waals surface area contributed by atoms with Crippen LogP contribution in [-0.4, -0.2) is 173 Å². The van der Waals surface area contributed by atoms with E-state index in [4.69, 9.17) is 5.73 Å². The van der Waals surface area contributed by atoms with E-state index in [1.807, 2.05) is 13.8 Å². The van der Waals surface area contributed by atoms with Crippen molar-refractivity contribution in [2.45, 2.75) is 180 Å². The van der Waals surface area contributed by atoms with Gasteiger partial charge in [0.2, 0.25) is 47.3 Å². The first kappa shape index (κ1) is 67.4. The second kappa shape index (κ2) is 32.2. The van der Waals surface area contributed by atoms with E-state index in [0.29, 0.717) is 16.5 Å². The van der Waals surface area contributed by atoms with Crippen LogP contribution in [0.1, 0.15) is 112 Å². The van der Waals surface area contributed by atoms with Crippen LogP contribution >= 0.6 is 0 Å². The molecule has 0 saturated carbocycles. The van der Waals surface area contributed by atoms with E-state index >= 15 is 0 Å². The number of fused-ring (bicyclic) bond motifs is 1. The minimum absolute atomic E-state index is 0.0125. The summed E-state index contributed by atoms with van der Waals surface area (Å²) in [7, 11) is 0. The van der Waals surface area contributed by atoms with E-state index in [9.17, 15) is 88.2 Å². The zero-order chi connectivity index (χ0) is 60.0. The summed E-state index contributed by atoms with van der Waals surface area (Å²) in [5.74, 6) is -15.5. The van der Waals surface area contributed by atoms with Crippen molar-refractivity contribution < 1.29 is 88.2 Å². The summed E-state index contributed by atoms with van der Waals surface area (Å²) < 4.78 is 0. The predicted octanol–water partition coefficient (Wildman–Crippen LogP) is -1.90. The molecule has 1 heterocycles. The lowest BCUT2D eigenvalue weighted by Gasteiger charge is -2.29. The molecule has 79 heavy (non-hydrogen) atoms. The van der Waals surface area contributed by atoms with Gasteiger partial charge in [0, 0.05) is 36.4 Å². The van der Waals surface area contributed by atoms with Gasteiger partial charge in [-0.15, -0.1) is 0 Å². The second-order valence-corrected chi connectivity index (χ2v) is 20.7. The number of amides is 8. The van der Waals surface area contributed by atoms with Crippen molar-refractivity contribution in [3.05, 3.63) is 36.0 Å². The van der Waals surface area contributed by atoms with Crippen LogP contribution in [0.15, 0.2) is 30.5 Å². The normalized spacial score (nSPS) is 15.6. The zero-order valence-electron chi connectivity index (χ0n) is 45.5. The number of rotatable bonds is 35. The molecule has 8 amide bonds. The van der Waals surface area contributed by atoms with Crippen LogP contribution in [0.2, 0.25) is 0 Å². The molecule has 2 rings (SSSR count). The summed E-state index contributed by atoms with van der Waals surface area (Å²) in [6.07, 6.45) is -6.14. The van der Waals surface area contributed by atoms with E-state index in [-0.39, 0.29) is 43.4 Å². The highest BCUT2D eigenvalue weighted by Gasteiger charge is 2.38. The molecule has 0 fully saturated rings. The number of H-pyrrole nitrogens is 1. The molecule has 0 aliphatic carbocycles. The third-order valence-corrected chi connectivity index (χ3v) is 12.2. The molecule has 0 aliphatic heterocycles. The maximum atomic E-state index is 14.0. The first-order chi connectivity index (χ1) is 36.8. The van der Waals surface area contributed by atoms with Gasteiger partial charge in [-0.25, -0.2) is 4.79 Å². The Morgan fingerprint density at radius 3 is 1.32 bits per heavy atom. The molecular formula is C51H78N10O18. The highest BCUT2D eigenvalue weighted by molar-refractivity contribution is 5.99. The van der Waals surface area contributed by atoms with E-state index < -0.39 is 170 Å². The second-order valence-electron chi connectivity index (χ2n) is 20.7. The molecule has 28 heteroatoms. The third kappa shape index (κ3) is 23.4. The molecular weight excluding hydrogens is 1040 g/mol. The predicted molar refractivity (Wildman–Crippen MR) is 281 cm³/mol. The number of para-hydroxylation sites is 1. The van der Waals surface area contributed by atoms with Crippen LogP contribution < -0.4 is 48.3 Å². The molecule has 0 aliphatic rings. The lowest BCUT2D eigenvalue weighted by Crippen LogP contribution is -2.63. The molecule has 0 bridgehead atoms. The molecule has 440 valence electrons. The number of benzene rings is 1. The van der Waals surface area contributed by atoms with Gasteiger partial charge in [-0.2, -0.15) is 0 Å². The largest absolute Gasteiger partial charge is 0.481 e. The van der Waals surface area contributed by atoms with E-state index in [1.165, 1.54) is 6.20 Å². The average Bonchev–Trinajstić information content (AvgIpc) is 3.75. The van der Waals surface area contributed by atoms with Crippen molar-refractivity contribution in [3.8, 4) is 0 Å². The van der Waals surface area contributed by atoms with Crippen molar-refractivity contribution in [2.75, 3.05) is 0 Å². The van der Waals surface area contributed by atoms with E-state index in [0.717, 1.165) is 13.8 Å². The lowest BCUT2D eigenvalue weighted by atomic mass is 10.00. The summed E-state index contributed by atoms with van der Waals surface area (Å²) in [5, 5.41) is 79.1. The van der Waals surface area contributed by atoms with Crippen LogP contribution in [0.5, 0.6) is 0 Å². The van der Waals surface area contributed by atoms with Gasteiger partial charge in [0.05, 0.1) is 24.7 Å². The van der Waals surface area contributed by atoms with Gasteiger partial charge in [0.1, 0.15) is 48.3 Å². The smallest absolute Gasteiger partial charge is 0.326 e. The number of nitrogens with two attached hydrogens (primary N) is 1. The molecule has 17 N–H and O–H groups in total. The van der Waals surface area contributed by atoms with Crippen LogP contribution in [0, 0.1) is 17.8 Å². The summed E-state index contributed by atoms with van der Waals surface area (Å²) in [6.45, 7) is 12.7. The lowest BCUT2D eigenvalue weighted by molar-refractivity contribution is -0.143. The summed E-state index contributed by atoms with van der Waals surface area (Å²) in [6, 6.07) is -8.15. The number of hydrogen-bond acceptors (Lipinski definition) is 15. The third-order valence-electron chi connectivity index (χ3n) is 12.2. The Balaban J connectivity index is 2.45. The van der Waals surface area contributed by atoms with Crippen LogP contribution in [-0.2, 0) is 64.0 Å². The van der Waals surface area contributed by atoms with Crippen molar-refractivity contribution >= 4 is 82.0 Å². The van der Waals surface area contributed by atoms with Crippen molar-refractivity contribution in [3.63, 3.8) is 0 Å².